The third-order valence-corrected chi connectivity index (χ3v) is 4.03. The van der Waals surface area contributed by atoms with Gasteiger partial charge in [-0.25, -0.2) is 0 Å². The Morgan fingerprint density at radius 2 is 2.00 bits per heavy atom. The van der Waals surface area contributed by atoms with Gasteiger partial charge in [0.05, 0.1) is 6.10 Å². The monoisotopic (exact) mass is 460 g/mol. The number of hydrogen-bond donors (Lipinski definition) is 1. The Hall–Kier alpha value is -3.08. The zero-order valence-corrected chi connectivity index (χ0v) is 17.8. The Labute approximate surface area is 181 Å². The fourth-order valence-corrected chi connectivity index (χ4v) is 2.61. The molecule has 0 atom stereocenters. The van der Waals surface area contributed by atoms with Crippen LogP contribution in [0.2, 0.25) is 5.02 Å². The molecule has 0 aliphatic carbocycles. The molecule has 0 bridgehead atoms. The molecule has 1 N–H and O–H groups in total. The lowest BCUT2D eigenvalue weighted by Gasteiger charge is -2.15. The first-order valence-corrected chi connectivity index (χ1v) is 9.31. The minimum Gasteiger partial charge on any atom is -0.473 e. The molecular formula is C19H20ClF3N4O4. The molecule has 0 aliphatic heterocycles. The lowest BCUT2D eigenvalue weighted by atomic mass is 10.0. The van der Waals surface area contributed by atoms with Crippen LogP contribution in [0.15, 0.2) is 29.4 Å². The first-order valence-electron chi connectivity index (χ1n) is 8.93. The summed E-state index contributed by atoms with van der Waals surface area (Å²) in [5, 5.41) is 6.34. The fraction of sp³-hybridized carbons (Fsp3) is 0.368. The van der Waals surface area contributed by atoms with Crippen molar-refractivity contribution in [3.63, 3.8) is 0 Å². The molecule has 0 saturated heterocycles. The minimum absolute atomic E-state index is 0.0893. The van der Waals surface area contributed by atoms with E-state index in [1.165, 1.54) is 20.2 Å². The van der Waals surface area contributed by atoms with Crippen LogP contribution in [-0.4, -0.2) is 41.8 Å². The van der Waals surface area contributed by atoms with Crippen molar-refractivity contribution < 1.29 is 32.3 Å². The minimum atomic E-state index is -4.73. The van der Waals surface area contributed by atoms with Crippen molar-refractivity contribution >= 4 is 23.2 Å². The van der Waals surface area contributed by atoms with E-state index in [1.807, 2.05) is 0 Å². The van der Waals surface area contributed by atoms with E-state index >= 15 is 0 Å². The normalized spacial score (nSPS) is 12.0. The second-order valence-corrected chi connectivity index (χ2v) is 6.70. The van der Waals surface area contributed by atoms with Gasteiger partial charge in [-0.2, -0.15) is 23.1 Å². The third-order valence-electron chi connectivity index (χ3n) is 3.68. The number of oxime groups is 1. The van der Waals surface area contributed by atoms with Gasteiger partial charge in [0.15, 0.2) is 11.4 Å². The molecular weight excluding hydrogens is 441 g/mol. The molecule has 0 spiro atoms. The number of likely N-dealkylation sites (N-methyl/N-ethyl adjacent to an activating group) is 1. The predicted molar refractivity (Wildman–Crippen MR) is 106 cm³/mol. The average Bonchev–Trinajstić information content (AvgIpc) is 2.69. The summed E-state index contributed by atoms with van der Waals surface area (Å²) in [5.74, 6) is -0.937. The van der Waals surface area contributed by atoms with Crippen LogP contribution in [0.25, 0.3) is 0 Å². The van der Waals surface area contributed by atoms with Crippen LogP contribution in [-0.2, 0) is 22.4 Å². The summed E-state index contributed by atoms with van der Waals surface area (Å²) in [6.07, 6.45) is -5.18. The van der Waals surface area contributed by atoms with Crippen LogP contribution in [0.4, 0.5) is 13.2 Å². The van der Waals surface area contributed by atoms with E-state index < -0.39 is 29.9 Å². The number of nitrogens with zero attached hydrogens (tertiary/aromatic N) is 3. The second-order valence-electron chi connectivity index (χ2n) is 6.29. The van der Waals surface area contributed by atoms with E-state index in [2.05, 4.69) is 20.4 Å². The Balaban J connectivity index is 2.43. The van der Waals surface area contributed by atoms with Crippen molar-refractivity contribution in [2.45, 2.75) is 32.7 Å². The SMILES string of the molecule is CNC(=O)C(=NOC)c1cccc(Cl)c1COc1cc(C(F)(F)F)nc(OC(C)C)n1. The maximum absolute atomic E-state index is 13.2. The Morgan fingerprint density at radius 3 is 2.58 bits per heavy atom. The standard InChI is InChI=1S/C19H20ClF3N4O4/c1-10(2)31-18-25-14(19(21,22)23)8-15(26-18)30-9-12-11(6-5-7-13(12)20)16(27-29-4)17(28)24-3/h5-8,10H,9H2,1-4H3,(H,24,28). The largest absolute Gasteiger partial charge is 0.473 e. The van der Waals surface area contributed by atoms with Crippen LogP contribution < -0.4 is 14.8 Å². The first-order chi connectivity index (χ1) is 14.6. The van der Waals surface area contributed by atoms with Crippen LogP contribution in [0.3, 0.4) is 0 Å². The van der Waals surface area contributed by atoms with Gasteiger partial charge < -0.3 is 19.6 Å². The second kappa shape index (κ2) is 10.3. The number of carbonyl (C=O) groups is 1. The number of benzene rings is 1. The maximum Gasteiger partial charge on any atom is 0.433 e. The van der Waals surface area contributed by atoms with Crippen molar-refractivity contribution in [1.82, 2.24) is 15.3 Å². The number of alkyl halides is 3. The van der Waals surface area contributed by atoms with E-state index in [0.717, 1.165) is 0 Å². The topological polar surface area (TPSA) is 94.9 Å². The fourth-order valence-electron chi connectivity index (χ4n) is 2.38. The summed E-state index contributed by atoms with van der Waals surface area (Å²) >= 11 is 6.25. The molecule has 1 heterocycles. The van der Waals surface area contributed by atoms with Gasteiger partial charge in [0, 0.05) is 29.3 Å². The van der Waals surface area contributed by atoms with Crippen molar-refractivity contribution in [3.8, 4) is 11.9 Å². The summed E-state index contributed by atoms with van der Waals surface area (Å²) in [7, 11) is 2.67. The van der Waals surface area contributed by atoms with E-state index in [-0.39, 0.29) is 28.8 Å². The van der Waals surface area contributed by atoms with E-state index in [1.54, 1.807) is 26.0 Å². The Bertz CT molecular complexity index is 968. The molecule has 0 saturated carbocycles. The summed E-state index contributed by atoms with van der Waals surface area (Å²) in [5.41, 5.74) is -0.743. The number of halogens is 4. The molecule has 1 aromatic heterocycles. The summed E-state index contributed by atoms with van der Waals surface area (Å²) in [6.45, 7) is 2.93. The van der Waals surface area contributed by atoms with Gasteiger partial charge in [-0.15, -0.1) is 0 Å². The van der Waals surface area contributed by atoms with Gasteiger partial charge >= 0.3 is 12.2 Å². The molecule has 2 aromatic rings. The number of rotatable bonds is 8. The van der Waals surface area contributed by atoms with E-state index in [4.69, 9.17) is 25.9 Å². The van der Waals surface area contributed by atoms with Crippen molar-refractivity contribution in [2.24, 2.45) is 5.16 Å². The molecule has 2 rings (SSSR count). The number of nitrogens with one attached hydrogen (secondary N) is 1. The average molecular weight is 461 g/mol. The molecule has 1 aromatic carbocycles. The smallest absolute Gasteiger partial charge is 0.433 e. The number of amides is 1. The summed E-state index contributed by atoms with van der Waals surface area (Å²) in [6, 6.07) is 4.83. The van der Waals surface area contributed by atoms with Crippen LogP contribution in [0.5, 0.6) is 11.9 Å². The Morgan fingerprint density at radius 1 is 1.29 bits per heavy atom. The van der Waals surface area contributed by atoms with Crippen LogP contribution >= 0.6 is 11.6 Å². The zero-order chi connectivity index (χ0) is 23.2. The number of hydrogen-bond acceptors (Lipinski definition) is 7. The molecule has 168 valence electrons. The molecule has 0 fully saturated rings. The molecule has 12 heteroatoms. The summed E-state index contributed by atoms with van der Waals surface area (Å²) < 4.78 is 50.3. The lowest BCUT2D eigenvalue weighted by molar-refractivity contribution is -0.141. The molecule has 31 heavy (non-hydrogen) atoms. The van der Waals surface area contributed by atoms with Crippen molar-refractivity contribution in [3.05, 3.63) is 46.1 Å². The predicted octanol–water partition coefficient (Wildman–Crippen LogP) is 3.61. The van der Waals surface area contributed by atoms with Crippen molar-refractivity contribution in [2.75, 3.05) is 14.2 Å². The van der Waals surface area contributed by atoms with Crippen LogP contribution in [0, 0.1) is 0 Å². The molecule has 0 unspecified atom stereocenters. The Kier molecular flexibility index (Phi) is 8.03. The number of ether oxygens (including phenoxy) is 2. The molecule has 0 radical (unpaired) electrons. The first kappa shape index (κ1) is 24.2. The van der Waals surface area contributed by atoms with Gasteiger partial charge in [-0.3, -0.25) is 4.79 Å². The highest BCUT2D eigenvalue weighted by Gasteiger charge is 2.34. The quantitative estimate of drug-likeness (QED) is 0.477. The molecule has 0 aliphatic rings. The molecule has 8 nitrogen and oxygen atoms in total. The number of aromatic nitrogens is 2. The van der Waals surface area contributed by atoms with Crippen molar-refractivity contribution in [1.29, 1.82) is 0 Å². The number of carbonyl (C=O) groups excluding carboxylic acids is 1. The zero-order valence-electron chi connectivity index (χ0n) is 17.1. The maximum atomic E-state index is 13.2. The third kappa shape index (κ3) is 6.45. The molecule has 1 amide bonds. The van der Waals surface area contributed by atoms with Gasteiger partial charge in [-0.1, -0.05) is 28.9 Å². The van der Waals surface area contributed by atoms with Gasteiger partial charge in [0.2, 0.25) is 5.88 Å². The highest BCUT2D eigenvalue weighted by atomic mass is 35.5. The van der Waals surface area contributed by atoms with Gasteiger partial charge in [0.1, 0.15) is 13.7 Å². The van der Waals surface area contributed by atoms with Gasteiger partial charge in [-0.05, 0) is 19.9 Å². The lowest BCUT2D eigenvalue weighted by Crippen LogP contribution is -2.29. The van der Waals surface area contributed by atoms with E-state index in [0.29, 0.717) is 11.6 Å². The van der Waals surface area contributed by atoms with Gasteiger partial charge in [0.25, 0.3) is 5.91 Å². The van der Waals surface area contributed by atoms with Crippen LogP contribution in [0.1, 0.15) is 30.7 Å². The summed E-state index contributed by atoms with van der Waals surface area (Å²) in [4.78, 5) is 24.1. The van der Waals surface area contributed by atoms with E-state index in [9.17, 15) is 18.0 Å². The highest BCUT2D eigenvalue weighted by Crippen LogP contribution is 2.31. The highest BCUT2D eigenvalue weighted by molar-refractivity contribution is 6.46.